The number of hydrogen-bond donors (Lipinski definition) is 1. The molecular formula is C24H31ClN4O2. The maximum absolute atomic E-state index is 12.7. The van der Waals surface area contributed by atoms with Crippen molar-refractivity contribution in [1.29, 1.82) is 0 Å². The van der Waals surface area contributed by atoms with Gasteiger partial charge in [0.25, 0.3) is 0 Å². The average Bonchev–Trinajstić information content (AvgIpc) is 2.73. The lowest BCUT2D eigenvalue weighted by Gasteiger charge is -2.35. The van der Waals surface area contributed by atoms with E-state index >= 15 is 0 Å². The van der Waals surface area contributed by atoms with E-state index in [2.05, 4.69) is 10.2 Å². The van der Waals surface area contributed by atoms with E-state index in [0.29, 0.717) is 13.1 Å². The molecule has 7 heteroatoms. The molecule has 0 radical (unpaired) electrons. The van der Waals surface area contributed by atoms with Crippen LogP contribution in [0.4, 0.5) is 5.69 Å². The monoisotopic (exact) mass is 442 g/mol. The fourth-order valence-corrected chi connectivity index (χ4v) is 3.84. The number of piperazine rings is 1. The lowest BCUT2D eigenvalue weighted by Crippen LogP contribution is -2.51. The summed E-state index contributed by atoms with van der Waals surface area (Å²) in [5.41, 5.74) is 4.24. The average molecular weight is 443 g/mol. The molecule has 1 heterocycles. The van der Waals surface area contributed by atoms with Crippen molar-refractivity contribution in [2.24, 2.45) is 0 Å². The molecule has 0 aliphatic carbocycles. The van der Waals surface area contributed by atoms with Gasteiger partial charge < -0.3 is 10.2 Å². The van der Waals surface area contributed by atoms with Crippen molar-refractivity contribution >= 4 is 29.1 Å². The summed E-state index contributed by atoms with van der Waals surface area (Å²) >= 11 is 5.95. The zero-order chi connectivity index (χ0) is 22.4. The minimum absolute atomic E-state index is 0.0631. The predicted molar refractivity (Wildman–Crippen MR) is 125 cm³/mol. The molecule has 0 atom stereocenters. The second-order valence-electron chi connectivity index (χ2n) is 8.25. The van der Waals surface area contributed by atoms with Gasteiger partial charge in [0, 0.05) is 43.4 Å². The van der Waals surface area contributed by atoms with Crippen LogP contribution in [-0.4, -0.2) is 72.8 Å². The number of nitrogens with zero attached hydrogens (tertiary/aromatic N) is 3. The van der Waals surface area contributed by atoms with Crippen LogP contribution in [-0.2, 0) is 16.1 Å². The summed E-state index contributed by atoms with van der Waals surface area (Å²) in [6, 6.07) is 13.7. The Morgan fingerprint density at radius 2 is 1.68 bits per heavy atom. The standard InChI is InChI=1S/C24H31ClN4O2/c1-18-5-4-6-22(19(18)2)26-23(30)16-27(3)17-24(31)29-13-11-28(12-14-29)15-20-7-9-21(25)10-8-20/h4-10H,11-17H2,1-3H3,(H,26,30). The first kappa shape index (κ1) is 23.3. The van der Waals surface area contributed by atoms with Gasteiger partial charge in [-0.2, -0.15) is 0 Å². The van der Waals surface area contributed by atoms with Gasteiger partial charge >= 0.3 is 0 Å². The number of benzene rings is 2. The number of hydrogen-bond acceptors (Lipinski definition) is 4. The molecule has 166 valence electrons. The van der Waals surface area contributed by atoms with Gasteiger partial charge in [-0.1, -0.05) is 35.9 Å². The highest BCUT2D eigenvalue weighted by atomic mass is 35.5. The third-order valence-electron chi connectivity index (χ3n) is 5.74. The normalized spacial score (nSPS) is 14.7. The van der Waals surface area contributed by atoms with Gasteiger partial charge in [-0.25, -0.2) is 0 Å². The summed E-state index contributed by atoms with van der Waals surface area (Å²) in [6.45, 7) is 8.36. The van der Waals surface area contributed by atoms with Gasteiger partial charge in [0.15, 0.2) is 0 Å². The lowest BCUT2D eigenvalue weighted by molar-refractivity contribution is -0.134. The van der Waals surface area contributed by atoms with Gasteiger partial charge in [0.1, 0.15) is 0 Å². The molecule has 31 heavy (non-hydrogen) atoms. The molecule has 6 nitrogen and oxygen atoms in total. The third-order valence-corrected chi connectivity index (χ3v) is 5.99. The van der Waals surface area contributed by atoms with Crippen LogP contribution >= 0.6 is 11.6 Å². The predicted octanol–water partition coefficient (Wildman–Crippen LogP) is 3.17. The number of carbonyl (C=O) groups excluding carboxylic acids is 2. The molecule has 1 N–H and O–H groups in total. The van der Waals surface area contributed by atoms with Crippen LogP contribution in [0.25, 0.3) is 0 Å². The number of rotatable bonds is 7. The van der Waals surface area contributed by atoms with Crippen molar-refractivity contribution in [2.75, 3.05) is 51.6 Å². The second-order valence-corrected chi connectivity index (χ2v) is 8.69. The van der Waals surface area contributed by atoms with Crippen molar-refractivity contribution in [3.63, 3.8) is 0 Å². The van der Waals surface area contributed by atoms with Crippen LogP contribution in [0, 0.1) is 13.8 Å². The molecule has 1 fully saturated rings. The van der Waals surface area contributed by atoms with E-state index in [4.69, 9.17) is 11.6 Å². The summed E-state index contributed by atoms with van der Waals surface area (Å²) in [5, 5.41) is 3.69. The largest absolute Gasteiger partial charge is 0.339 e. The number of aryl methyl sites for hydroxylation is 1. The molecule has 1 aliphatic heterocycles. The van der Waals surface area contributed by atoms with Gasteiger partial charge in [0.05, 0.1) is 13.1 Å². The van der Waals surface area contributed by atoms with Crippen LogP contribution in [0.5, 0.6) is 0 Å². The van der Waals surface area contributed by atoms with Gasteiger partial charge in [-0.05, 0) is 55.8 Å². The maximum atomic E-state index is 12.7. The van der Waals surface area contributed by atoms with E-state index in [1.165, 1.54) is 5.56 Å². The Morgan fingerprint density at radius 1 is 1.00 bits per heavy atom. The Morgan fingerprint density at radius 3 is 2.35 bits per heavy atom. The zero-order valence-corrected chi connectivity index (χ0v) is 19.3. The van der Waals surface area contributed by atoms with Crippen molar-refractivity contribution in [3.8, 4) is 0 Å². The number of anilines is 1. The molecule has 2 amide bonds. The molecule has 1 aliphatic rings. The molecule has 3 rings (SSSR count). The number of likely N-dealkylation sites (N-methyl/N-ethyl adjacent to an activating group) is 1. The van der Waals surface area contributed by atoms with E-state index in [1.807, 2.05) is 61.2 Å². The van der Waals surface area contributed by atoms with Crippen LogP contribution in [0.2, 0.25) is 5.02 Å². The molecule has 0 unspecified atom stereocenters. The van der Waals surface area contributed by atoms with Crippen LogP contribution < -0.4 is 5.32 Å². The Kier molecular flexibility index (Phi) is 8.07. The molecule has 2 aromatic rings. The van der Waals surface area contributed by atoms with Crippen molar-refractivity contribution in [1.82, 2.24) is 14.7 Å². The number of nitrogens with one attached hydrogen (secondary N) is 1. The highest BCUT2D eigenvalue weighted by Gasteiger charge is 2.22. The Labute approximate surface area is 189 Å². The van der Waals surface area contributed by atoms with Crippen LogP contribution in [0.3, 0.4) is 0 Å². The lowest BCUT2D eigenvalue weighted by atomic mass is 10.1. The first-order valence-electron chi connectivity index (χ1n) is 10.6. The van der Waals surface area contributed by atoms with E-state index in [-0.39, 0.29) is 24.9 Å². The third kappa shape index (κ3) is 6.79. The highest BCUT2D eigenvalue weighted by Crippen LogP contribution is 2.18. The van der Waals surface area contributed by atoms with Crippen molar-refractivity contribution in [3.05, 3.63) is 64.2 Å². The topological polar surface area (TPSA) is 55.9 Å². The van der Waals surface area contributed by atoms with E-state index < -0.39 is 0 Å². The molecule has 1 saturated heterocycles. The summed E-state index contributed by atoms with van der Waals surface area (Å²) in [5.74, 6) is -0.0510. The number of halogens is 1. The first-order chi connectivity index (χ1) is 14.8. The summed E-state index contributed by atoms with van der Waals surface area (Å²) in [7, 11) is 1.80. The second kappa shape index (κ2) is 10.8. The first-order valence-corrected chi connectivity index (χ1v) is 11.0. The van der Waals surface area contributed by atoms with Gasteiger partial charge in [0.2, 0.25) is 11.8 Å². The molecule has 0 bridgehead atoms. The Balaban J connectivity index is 1.41. The summed E-state index contributed by atoms with van der Waals surface area (Å²) < 4.78 is 0. The minimum Gasteiger partial charge on any atom is -0.339 e. The van der Waals surface area contributed by atoms with Crippen molar-refractivity contribution < 1.29 is 9.59 Å². The fraction of sp³-hybridized carbons (Fsp3) is 0.417. The van der Waals surface area contributed by atoms with Crippen molar-refractivity contribution in [2.45, 2.75) is 20.4 Å². The maximum Gasteiger partial charge on any atom is 0.238 e. The Hall–Kier alpha value is -2.41. The number of amides is 2. The molecule has 0 saturated carbocycles. The highest BCUT2D eigenvalue weighted by molar-refractivity contribution is 6.30. The molecule has 0 spiro atoms. The van der Waals surface area contributed by atoms with Crippen LogP contribution in [0.15, 0.2) is 42.5 Å². The SMILES string of the molecule is Cc1cccc(NC(=O)CN(C)CC(=O)N2CCN(Cc3ccc(Cl)cc3)CC2)c1C. The summed E-state index contributed by atoms with van der Waals surface area (Å²) in [6.07, 6.45) is 0. The smallest absolute Gasteiger partial charge is 0.238 e. The van der Waals surface area contributed by atoms with Gasteiger partial charge in [-0.3, -0.25) is 19.4 Å². The molecule has 0 aromatic heterocycles. The van der Waals surface area contributed by atoms with E-state index in [1.54, 1.807) is 11.9 Å². The Bertz CT molecular complexity index is 908. The molecular weight excluding hydrogens is 412 g/mol. The summed E-state index contributed by atoms with van der Waals surface area (Å²) in [4.78, 5) is 31.1. The van der Waals surface area contributed by atoms with E-state index in [0.717, 1.165) is 41.5 Å². The fourth-order valence-electron chi connectivity index (χ4n) is 3.71. The van der Waals surface area contributed by atoms with Gasteiger partial charge in [-0.15, -0.1) is 0 Å². The zero-order valence-electron chi connectivity index (χ0n) is 18.5. The quantitative estimate of drug-likeness (QED) is 0.715. The minimum atomic E-state index is -0.114. The van der Waals surface area contributed by atoms with E-state index in [9.17, 15) is 9.59 Å². The van der Waals surface area contributed by atoms with Crippen LogP contribution in [0.1, 0.15) is 16.7 Å². The molecule has 2 aromatic carbocycles. The number of carbonyl (C=O) groups is 2.